The molecule has 0 amide bonds. The van der Waals surface area contributed by atoms with Crippen LogP contribution in [0.3, 0.4) is 0 Å². The molecule has 1 unspecified atom stereocenters. The third-order valence-corrected chi connectivity index (χ3v) is 11.0. The fourth-order valence-electron chi connectivity index (χ4n) is 7.36. The molecule has 0 bridgehead atoms. The maximum Gasteiger partial charge on any atom is 0.330 e. The number of hydrogen-bond acceptors (Lipinski definition) is 22. The van der Waals surface area contributed by atoms with E-state index in [2.05, 4.69) is 4.74 Å². The molecule has 15 atom stereocenters. The van der Waals surface area contributed by atoms with Crippen molar-refractivity contribution < 1.29 is 114 Å². The Balaban J connectivity index is 1.10. The van der Waals surface area contributed by atoms with Crippen molar-refractivity contribution in [3.63, 3.8) is 0 Å². The lowest BCUT2D eigenvalue weighted by Crippen LogP contribution is -2.64. The molecular weight excluding hydrogens is 872 g/mol. The first-order valence-corrected chi connectivity index (χ1v) is 20.0. The summed E-state index contributed by atoms with van der Waals surface area (Å²) in [6.07, 6.45) is -22.6. The van der Waals surface area contributed by atoms with Crippen LogP contribution in [0.1, 0.15) is 22.8 Å². The normalized spacial score (nSPS) is 33.7. The SMILES string of the molecule is COc1cc(/C=C/C(=O)OC[C@H]2O[C@@H](OC[C@H]3O[C@@H](OC4=Cc5c(O)cc(O)cc5[OH+]C4c4ccc(O)c(O)c4)[C@H](O[C@H]4OC[C@H](O)[C@@H](O)[C@H]4O)[C@@H](O)[C@@H]3O)[C@H](O)[C@@H](O)[C@@H]2O)ccc1O. The number of fused-ring (bicyclic) bond motifs is 1. The topological polar surface area (TPSA) is 367 Å². The number of hydrogen-bond donors (Lipinski definition) is 13. The van der Waals surface area contributed by atoms with Gasteiger partial charge in [0.2, 0.25) is 6.29 Å². The predicted molar refractivity (Wildman–Crippen MR) is 214 cm³/mol. The molecule has 0 saturated carbocycles. The van der Waals surface area contributed by atoms with Gasteiger partial charge in [-0.1, -0.05) is 6.07 Å². The Bertz CT molecular complexity index is 2220. The summed E-state index contributed by atoms with van der Waals surface area (Å²) in [7, 11) is 1.35. The van der Waals surface area contributed by atoms with Crippen LogP contribution in [0.5, 0.6) is 40.2 Å². The maximum absolute atomic E-state index is 12.5. The van der Waals surface area contributed by atoms with Gasteiger partial charge in [-0.25, -0.2) is 4.79 Å². The summed E-state index contributed by atoms with van der Waals surface area (Å²) in [4.78, 5) is 12.5. The lowest BCUT2D eigenvalue weighted by molar-refractivity contribution is -0.360. The van der Waals surface area contributed by atoms with E-state index in [0.717, 1.165) is 24.3 Å². The van der Waals surface area contributed by atoms with Gasteiger partial charge < -0.3 is 109 Å². The molecule has 0 radical (unpaired) electrons. The molecule has 7 rings (SSSR count). The quantitative estimate of drug-likeness (QED) is 0.0379. The molecule has 354 valence electrons. The van der Waals surface area contributed by atoms with Crippen molar-refractivity contribution in [1.82, 2.24) is 0 Å². The number of esters is 1. The van der Waals surface area contributed by atoms with Crippen LogP contribution >= 0.6 is 0 Å². The van der Waals surface area contributed by atoms with E-state index >= 15 is 0 Å². The summed E-state index contributed by atoms with van der Waals surface area (Å²) < 4.78 is 49.7. The van der Waals surface area contributed by atoms with Crippen LogP contribution in [0.4, 0.5) is 0 Å². The van der Waals surface area contributed by atoms with Crippen molar-refractivity contribution in [3.05, 3.63) is 77.1 Å². The molecular formula is C42H49O23+. The minimum Gasteiger partial charge on any atom is -0.571 e. The van der Waals surface area contributed by atoms with E-state index in [1.165, 1.54) is 49.6 Å². The van der Waals surface area contributed by atoms with Gasteiger partial charge in [0.15, 0.2) is 47.4 Å². The van der Waals surface area contributed by atoms with Crippen LogP contribution in [-0.4, -0.2) is 190 Å². The highest BCUT2D eigenvalue weighted by molar-refractivity contribution is 5.87. The van der Waals surface area contributed by atoms with Crippen molar-refractivity contribution in [3.8, 4) is 40.2 Å². The molecule has 14 N–H and O–H groups in total. The van der Waals surface area contributed by atoms with Crippen LogP contribution in [0.2, 0.25) is 0 Å². The summed E-state index contributed by atoms with van der Waals surface area (Å²) in [5.41, 5.74) is 0.690. The van der Waals surface area contributed by atoms with Gasteiger partial charge in [-0.05, 0) is 42.0 Å². The van der Waals surface area contributed by atoms with E-state index in [1.54, 1.807) is 0 Å². The molecule has 3 fully saturated rings. The minimum atomic E-state index is -2.01. The highest BCUT2D eigenvalue weighted by atomic mass is 16.8. The first-order valence-electron chi connectivity index (χ1n) is 20.0. The number of aliphatic hydroxyl groups is 9. The van der Waals surface area contributed by atoms with Crippen molar-refractivity contribution in [2.45, 2.75) is 92.1 Å². The minimum absolute atomic E-state index is 0.0346. The van der Waals surface area contributed by atoms with Gasteiger partial charge in [0.05, 0.1) is 32.0 Å². The Morgan fingerprint density at radius 2 is 1.42 bits per heavy atom. The molecule has 4 aliphatic heterocycles. The fraction of sp³-hybridized carbons (Fsp3) is 0.452. The molecule has 0 aliphatic carbocycles. The summed E-state index contributed by atoms with van der Waals surface area (Å²) in [6.45, 7) is -1.93. The summed E-state index contributed by atoms with van der Waals surface area (Å²) >= 11 is 0. The van der Waals surface area contributed by atoms with Crippen LogP contribution in [-0.2, 0) is 38.0 Å². The third kappa shape index (κ3) is 10.3. The number of carbonyl (C=O) groups is 1. The predicted octanol–water partition coefficient (Wildman–Crippen LogP) is -2.07. The molecule has 0 aromatic heterocycles. The number of aliphatic hydroxyl groups excluding tert-OH is 8. The Kier molecular flexibility index (Phi) is 14.5. The average molecular weight is 922 g/mol. The molecule has 4 aliphatic rings. The van der Waals surface area contributed by atoms with Crippen LogP contribution < -0.4 is 4.74 Å². The first kappa shape index (κ1) is 47.5. The number of benzene rings is 3. The number of phenolic OH excluding ortho intramolecular Hbond substituents is 5. The first-order chi connectivity index (χ1) is 30.9. The molecule has 65 heavy (non-hydrogen) atoms. The zero-order valence-corrected chi connectivity index (χ0v) is 34.1. The summed E-state index contributed by atoms with van der Waals surface area (Å²) in [6, 6.07) is 10.2. The average Bonchev–Trinajstić information content (AvgIpc) is 3.28. The molecule has 3 aromatic carbocycles. The number of aromatic hydroxyl groups is 6. The van der Waals surface area contributed by atoms with Crippen LogP contribution in [0.25, 0.3) is 12.2 Å². The second kappa shape index (κ2) is 19.9. The Hall–Kier alpha value is -5.51. The van der Waals surface area contributed by atoms with Crippen molar-refractivity contribution >= 4 is 18.1 Å². The van der Waals surface area contributed by atoms with Crippen molar-refractivity contribution in [2.24, 2.45) is 0 Å². The Morgan fingerprint density at radius 3 is 2.15 bits per heavy atom. The van der Waals surface area contributed by atoms with Gasteiger partial charge in [0, 0.05) is 18.2 Å². The third-order valence-electron chi connectivity index (χ3n) is 11.0. The molecule has 0 spiro atoms. The zero-order chi connectivity index (χ0) is 46.9. The van der Waals surface area contributed by atoms with Gasteiger partial charge in [-0.15, -0.1) is 0 Å². The molecule has 4 heterocycles. The van der Waals surface area contributed by atoms with Crippen LogP contribution in [0.15, 0.2) is 60.4 Å². The van der Waals surface area contributed by atoms with Gasteiger partial charge in [-0.3, -0.25) is 0 Å². The number of methoxy groups -OCH3 is 1. The number of ether oxygens (including phenoxy) is 9. The van der Waals surface area contributed by atoms with Gasteiger partial charge in [0.25, 0.3) is 11.9 Å². The number of phenols is 5. The smallest absolute Gasteiger partial charge is 0.330 e. The second-order valence-corrected chi connectivity index (χ2v) is 15.5. The number of carbonyl (C=O) groups excluding carboxylic acids is 1. The van der Waals surface area contributed by atoms with Gasteiger partial charge >= 0.3 is 5.97 Å². The van der Waals surface area contributed by atoms with E-state index < -0.39 is 135 Å². The lowest BCUT2D eigenvalue weighted by atomic mass is 9.97. The van der Waals surface area contributed by atoms with Gasteiger partial charge in [0.1, 0.15) is 84.7 Å². The molecule has 23 heteroatoms. The fourth-order valence-corrected chi connectivity index (χ4v) is 7.36. The monoisotopic (exact) mass is 921 g/mol. The maximum atomic E-state index is 12.5. The molecule has 3 saturated heterocycles. The van der Waals surface area contributed by atoms with E-state index in [9.17, 15) is 71.2 Å². The largest absolute Gasteiger partial charge is 0.571 e. The molecule has 23 nitrogen and oxygen atoms in total. The van der Waals surface area contributed by atoms with Crippen molar-refractivity contribution in [1.29, 1.82) is 0 Å². The van der Waals surface area contributed by atoms with Crippen molar-refractivity contribution in [2.75, 3.05) is 26.9 Å². The molecule has 3 aromatic rings. The lowest BCUT2D eigenvalue weighted by Gasteiger charge is -2.46. The van der Waals surface area contributed by atoms with E-state index in [-0.39, 0.29) is 39.9 Å². The zero-order valence-electron chi connectivity index (χ0n) is 34.1. The summed E-state index contributed by atoms with van der Waals surface area (Å²) in [5.74, 6) is -2.80. The Labute approximate surface area is 367 Å². The summed E-state index contributed by atoms with van der Waals surface area (Å²) in [5, 5.41) is 137. The second-order valence-electron chi connectivity index (χ2n) is 15.5. The van der Waals surface area contributed by atoms with E-state index in [4.69, 9.17) is 37.9 Å². The van der Waals surface area contributed by atoms with E-state index in [0.29, 0.717) is 5.56 Å². The highest BCUT2D eigenvalue weighted by Crippen LogP contribution is 2.46. The standard InChI is InChI=1S/C42H48O23/c1-57-26-8-16(2-5-21(26)45)3-7-30(49)58-14-28-32(51)34(53)37(56)40(63-28)60-15-29-33(52)35(54)39(65-41-36(55)31(50)24(48)13-59-41)42(64-29)62-27-12-19-22(46)10-18(43)11-25(19)61-38(27)17-4-6-20(44)23(47)9-17/h2-12,24,28-29,31-48,50-56H,13-15H2,1H3/p+1/b7-3+/t24-,28+,29+,31+,32+,33+,34-,35-,36+,37+,38?,39+,40+,41+,42+/m0/s1. The van der Waals surface area contributed by atoms with Crippen LogP contribution in [0, 0.1) is 0 Å². The Morgan fingerprint density at radius 1 is 0.723 bits per heavy atom. The van der Waals surface area contributed by atoms with E-state index in [1.807, 2.05) is 0 Å². The highest BCUT2D eigenvalue weighted by Gasteiger charge is 2.52. The number of rotatable bonds is 13. The van der Waals surface area contributed by atoms with Gasteiger partial charge in [-0.2, -0.15) is 0 Å².